The zero-order valence-corrected chi connectivity index (χ0v) is 40.0. The van der Waals surface area contributed by atoms with Gasteiger partial charge in [-0.05, 0) is 66.5 Å². The topological polar surface area (TPSA) is 205 Å². The molecule has 380 valence electrons. The van der Waals surface area contributed by atoms with Crippen LogP contribution in [0.5, 0.6) is 0 Å². The second kappa shape index (κ2) is 32.4. The number of ether oxygens (including phenoxy) is 5. The van der Waals surface area contributed by atoms with Crippen LogP contribution in [0.4, 0.5) is 0 Å². The molecule has 16 atom stereocenters. The summed E-state index contributed by atoms with van der Waals surface area (Å²) in [5.41, 5.74) is -3.24. The molecule has 3 saturated heterocycles. The fourth-order valence-electron chi connectivity index (χ4n) is 8.73. The van der Waals surface area contributed by atoms with E-state index in [0.29, 0.717) is 19.3 Å². The van der Waals surface area contributed by atoms with E-state index in [1.54, 1.807) is 48.5 Å². The molecule has 14 heteroatoms. The Balaban J connectivity index is -0.000000616. The summed E-state index contributed by atoms with van der Waals surface area (Å²) >= 11 is 0. The summed E-state index contributed by atoms with van der Waals surface area (Å²) in [4.78, 5) is 30.0. The van der Waals surface area contributed by atoms with E-state index < -0.39 is 101 Å². The Hall–Kier alpha value is -1.30. The summed E-state index contributed by atoms with van der Waals surface area (Å²) in [5.74, 6) is -3.97. The first-order chi connectivity index (χ1) is 26.9. The summed E-state index contributed by atoms with van der Waals surface area (Å²) in [6.45, 7) is 29.5. The molecule has 3 heterocycles. The van der Waals surface area contributed by atoms with Crippen molar-refractivity contribution in [3.63, 3.8) is 0 Å². The quantitative estimate of drug-likeness (QED) is 0.143. The molecule has 15 unspecified atom stereocenters. The number of aliphatic hydroxyl groups excluding tert-OH is 5. The monoisotopic (exact) mass is 904 g/mol. The molecule has 0 amide bonds. The van der Waals surface area contributed by atoms with E-state index in [-0.39, 0.29) is 54.1 Å². The number of rotatable bonds is 6. The lowest BCUT2D eigenvalue weighted by Gasteiger charge is -2.49. The normalized spacial score (nSPS) is 38.0. The number of likely N-dealkylation sites (N-methyl/N-ethyl adjacent to an activating group) is 1. The van der Waals surface area contributed by atoms with Crippen LogP contribution in [0.15, 0.2) is 0 Å². The maximum Gasteiger partial charge on any atom is 0.311 e. The van der Waals surface area contributed by atoms with Crippen LogP contribution in [0.1, 0.15) is 166 Å². The van der Waals surface area contributed by atoms with Crippen molar-refractivity contribution < 1.29 is 63.9 Å². The number of carbonyl (C=O) groups is 2. The van der Waals surface area contributed by atoms with Gasteiger partial charge in [-0.1, -0.05) is 113 Å². The van der Waals surface area contributed by atoms with Crippen molar-refractivity contribution in [1.82, 2.24) is 4.90 Å². The lowest BCUT2D eigenvalue weighted by molar-refractivity contribution is -0.312. The summed E-state index contributed by atoms with van der Waals surface area (Å²) < 4.78 is 31.8. The number of carbonyl (C=O) groups excluding carboxylic acids is 2. The third-order valence-electron chi connectivity index (χ3n) is 12.0. The molecular formula is C48H105NO13. The van der Waals surface area contributed by atoms with Crippen molar-refractivity contribution in [2.24, 2.45) is 34.5 Å². The molecule has 62 heavy (non-hydrogen) atoms. The molecule has 3 rings (SSSR count). The second-order valence-electron chi connectivity index (χ2n) is 17.5. The van der Waals surface area contributed by atoms with Gasteiger partial charge in [-0.2, -0.15) is 0 Å². The molecule has 0 aromatic heterocycles. The number of ketones is 1. The van der Waals surface area contributed by atoms with Crippen molar-refractivity contribution in [2.45, 2.75) is 239 Å². The fraction of sp³-hybridized carbons (Fsp3) is 0.958. The van der Waals surface area contributed by atoms with E-state index in [1.807, 2.05) is 81.3 Å². The molecule has 0 aromatic carbocycles. The van der Waals surface area contributed by atoms with Crippen molar-refractivity contribution in [3.8, 4) is 0 Å². The molecule has 0 radical (unpaired) electrons. The van der Waals surface area contributed by atoms with E-state index in [9.17, 15) is 30.0 Å². The molecule has 0 spiro atoms. The minimum atomic E-state index is -1.70. The first-order valence-electron chi connectivity index (χ1n) is 21.6. The smallest absolute Gasteiger partial charge is 0.311 e. The van der Waals surface area contributed by atoms with Gasteiger partial charge < -0.3 is 59.2 Å². The number of cyclic esters (lactones) is 1. The Morgan fingerprint density at radius 1 is 0.742 bits per heavy atom. The van der Waals surface area contributed by atoms with Crippen LogP contribution in [0.25, 0.3) is 0 Å². The number of hydrogen-bond donors (Lipinski definition) is 6. The molecule has 14 nitrogen and oxygen atoms in total. The average Bonchev–Trinajstić information content (AvgIpc) is 3.18. The zero-order valence-electron chi connectivity index (χ0n) is 40.0. The molecule has 0 saturated carbocycles. The molecular weight excluding hydrogens is 799 g/mol. The van der Waals surface area contributed by atoms with Crippen molar-refractivity contribution in [1.29, 1.82) is 0 Å². The minimum Gasteiger partial charge on any atom is -0.461 e. The van der Waals surface area contributed by atoms with Gasteiger partial charge >= 0.3 is 5.97 Å². The second-order valence-corrected chi connectivity index (χ2v) is 17.5. The molecule has 3 aliphatic rings. The highest BCUT2D eigenvalue weighted by Crippen LogP contribution is 2.42. The SMILES string of the molecule is C.C.C.C.CC.CC.CC[C@H]1OC(=O)C(C)C(OC2CC(C)(C)C(O)C(C)O2)C(C)C(OC2OC(C)CC(N(C)C)C2O)C(C)(O)CC(C)C(=O)C(C)C(O)C1(C)C.CO.CO. The van der Waals surface area contributed by atoms with Gasteiger partial charge in [0, 0.05) is 49.9 Å². The Labute approximate surface area is 381 Å². The maximum absolute atomic E-state index is 14.2. The highest BCUT2D eigenvalue weighted by molar-refractivity contribution is 5.83. The number of esters is 1. The van der Waals surface area contributed by atoms with Gasteiger partial charge in [0.25, 0.3) is 0 Å². The van der Waals surface area contributed by atoms with Gasteiger partial charge in [-0.25, -0.2) is 0 Å². The van der Waals surface area contributed by atoms with E-state index in [0.717, 1.165) is 14.2 Å². The van der Waals surface area contributed by atoms with Gasteiger partial charge in [-0.15, -0.1) is 0 Å². The van der Waals surface area contributed by atoms with Crippen LogP contribution < -0.4 is 0 Å². The number of aliphatic hydroxyl groups is 6. The molecule has 0 aliphatic carbocycles. The van der Waals surface area contributed by atoms with Crippen LogP contribution in [-0.2, 0) is 33.3 Å². The Morgan fingerprint density at radius 3 is 1.66 bits per heavy atom. The predicted octanol–water partition coefficient (Wildman–Crippen LogP) is 7.50. The van der Waals surface area contributed by atoms with Gasteiger partial charge in [0.05, 0.1) is 48.1 Å². The summed E-state index contributed by atoms with van der Waals surface area (Å²) in [5, 5.41) is 60.3. The number of nitrogens with zero attached hydrogens (tertiary/aromatic N) is 1. The Kier molecular flexibility index (Phi) is 37.8. The average molecular weight is 904 g/mol. The summed E-state index contributed by atoms with van der Waals surface area (Å²) in [7, 11) is 5.75. The Bertz CT molecular complexity index is 1150. The van der Waals surface area contributed by atoms with Gasteiger partial charge in [-0.3, -0.25) is 9.59 Å². The largest absolute Gasteiger partial charge is 0.461 e. The van der Waals surface area contributed by atoms with Crippen LogP contribution >= 0.6 is 0 Å². The summed E-state index contributed by atoms with van der Waals surface area (Å²) in [6, 6.07) is -0.286. The van der Waals surface area contributed by atoms with Crippen molar-refractivity contribution in [3.05, 3.63) is 0 Å². The third kappa shape index (κ3) is 18.5. The highest BCUT2D eigenvalue weighted by atomic mass is 16.7. The van der Waals surface area contributed by atoms with E-state index in [2.05, 4.69) is 0 Å². The third-order valence-corrected chi connectivity index (χ3v) is 12.0. The van der Waals surface area contributed by atoms with Gasteiger partial charge in [0.2, 0.25) is 0 Å². The molecule has 6 N–H and O–H groups in total. The van der Waals surface area contributed by atoms with E-state index in [1.165, 1.54) is 0 Å². The maximum atomic E-state index is 14.2. The van der Waals surface area contributed by atoms with Gasteiger partial charge in [0.1, 0.15) is 18.0 Å². The van der Waals surface area contributed by atoms with Crippen LogP contribution in [0, 0.1) is 34.5 Å². The van der Waals surface area contributed by atoms with Crippen LogP contribution in [0.2, 0.25) is 0 Å². The minimum absolute atomic E-state index is 0. The molecule has 0 aromatic rings. The Morgan fingerprint density at radius 2 is 1.23 bits per heavy atom. The summed E-state index contributed by atoms with van der Waals surface area (Å²) in [6.07, 6.45) is -7.23. The lowest BCUT2D eigenvalue weighted by Crippen LogP contribution is -2.60. The lowest BCUT2D eigenvalue weighted by atomic mass is 9.70. The number of hydrogen-bond acceptors (Lipinski definition) is 14. The first-order valence-corrected chi connectivity index (χ1v) is 21.6. The van der Waals surface area contributed by atoms with Crippen LogP contribution in [0.3, 0.4) is 0 Å². The molecule has 0 bridgehead atoms. The van der Waals surface area contributed by atoms with Gasteiger partial charge in [0.15, 0.2) is 12.6 Å². The van der Waals surface area contributed by atoms with Crippen LogP contribution in [-0.4, -0.2) is 149 Å². The molecule has 3 fully saturated rings. The van der Waals surface area contributed by atoms with Crippen molar-refractivity contribution >= 4 is 11.8 Å². The van der Waals surface area contributed by atoms with E-state index >= 15 is 0 Å². The van der Waals surface area contributed by atoms with E-state index in [4.69, 9.17) is 33.9 Å². The standard InChI is InChI=1S/C38H69NO11.2C2H6.2CH4O.4CH4/c1-15-26-37(10,11)31(42)21(4)28(40)19(2)17-38(12,45)33(50-35-29(41)25(39(13)14)16-20(3)46-35)22(5)30(23(6)34(44)48-26)49-27-18-36(8,9)32(43)24(7)47-27;4*1-2;;;;/h19-27,29-33,35,41-43,45H,15-18H2,1-14H3;2*1-2H3;2*2H,1H3;4*1H4/t19?,20?,21?,22?,23?,24?,25?,26-,27?,29?,30?,31?,32?,33?,35?,38?;;;;;;;;/m1......../s1. The zero-order chi connectivity index (χ0) is 46.3. The predicted molar refractivity (Wildman–Crippen MR) is 254 cm³/mol. The number of Topliss-reactive ketones (excluding diaryl/α,β-unsaturated/α-hetero) is 1. The fourth-order valence-corrected chi connectivity index (χ4v) is 8.73. The first kappa shape index (κ1) is 72.3. The van der Waals surface area contributed by atoms with Crippen molar-refractivity contribution in [2.75, 3.05) is 28.3 Å². The highest BCUT2D eigenvalue weighted by Gasteiger charge is 2.52. The molecule has 3 aliphatic heterocycles.